The van der Waals surface area contributed by atoms with Gasteiger partial charge in [0.1, 0.15) is 0 Å². The van der Waals surface area contributed by atoms with Crippen molar-refractivity contribution >= 4 is 31.6 Å². The van der Waals surface area contributed by atoms with Crippen molar-refractivity contribution in [1.29, 1.82) is 0 Å². The zero-order valence-corrected chi connectivity index (χ0v) is 19.7. The molecule has 9 nitrogen and oxygen atoms in total. The van der Waals surface area contributed by atoms with Gasteiger partial charge in [-0.2, -0.15) is 0 Å². The summed E-state index contributed by atoms with van der Waals surface area (Å²) in [7, 11) is -2.51. The zero-order chi connectivity index (χ0) is 22.5. The van der Waals surface area contributed by atoms with Crippen molar-refractivity contribution in [2.75, 3.05) is 58.0 Å². The van der Waals surface area contributed by atoms with E-state index in [4.69, 9.17) is 0 Å². The summed E-state index contributed by atoms with van der Waals surface area (Å²) in [4.78, 5) is 15.0. The van der Waals surface area contributed by atoms with E-state index in [2.05, 4.69) is 10.2 Å². The largest absolute Gasteiger partial charge is 0.371 e. The molecule has 1 heterocycles. The molecule has 1 aromatic rings. The standard InChI is InChI=1S/C19H32N4O5S2/c1-5-29(25,26)22(4)12-8-11-20-19(24)17-15-16(30(27,28)21(2)3)9-10-18(17)23-13-6-7-14-23/h9-10,15H,5-8,11-14H2,1-4H3,(H,20,24). The molecule has 2 rings (SSSR count). The fourth-order valence-corrected chi connectivity index (χ4v) is 5.04. The number of anilines is 1. The van der Waals surface area contributed by atoms with Crippen LogP contribution in [0.5, 0.6) is 0 Å². The molecule has 0 unspecified atom stereocenters. The Morgan fingerprint density at radius 1 is 1.10 bits per heavy atom. The second-order valence-electron chi connectivity index (χ2n) is 7.49. The van der Waals surface area contributed by atoms with Gasteiger partial charge in [0.25, 0.3) is 5.91 Å². The number of carbonyl (C=O) groups excluding carboxylic acids is 1. The first-order valence-corrected chi connectivity index (χ1v) is 13.1. The topological polar surface area (TPSA) is 107 Å². The molecule has 1 aliphatic heterocycles. The van der Waals surface area contributed by atoms with Crippen LogP contribution in [0.1, 0.15) is 36.5 Å². The molecule has 1 saturated heterocycles. The minimum atomic E-state index is -3.67. The number of rotatable bonds is 10. The van der Waals surface area contributed by atoms with E-state index in [1.54, 1.807) is 13.0 Å². The predicted molar refractivity (Wildman–Crippen MR) is 118 cm³/mol. The number of benzene rings is 1. The van der Waals surface area contributed by atoms with E-state index in [1.165, 1.54) is 37.6 Å². The molecule has 1 aromatic carbocycles. The predicted octanol–water partition coefficient (Wildman–Crippen LogP) is 0.939. The first kappa shape index (κ1) is 24.6. The van der Waals surface area contributed by atoms with Crippen molar-refractivity contribution in [1.82, 2.24) is 13.9 Å². The van der Waals surface area contributed by atoms with Crippen molar-refractivity contribution in [2.45, 2.75) is 31.1 Å². The van der Waals surface area contributed by atoms with Crippen molar-refractivity contribution < 1.29 is 21.6 Å². The molecular formula is C19H32N4O5S2. The minimum absolute atomic E-state index is 0.0300. The van der Waals surface area contributed by atoms with Crippen LogP contribution in [0.25, 0.3) is 0 Å². The van der Waals surface area contributed by atoms with Gasteiger partial charge in [-0.25, -0.2) is 25.4 Å². The van der Waals surface area contributed by atoms with Crippen LogP contribution in [-0.4, -0.2) is 84.4 Å². The maximum Gasteiger partial charge on any atom is 0.253 e. The van der Waals surface area contributed by atoms with Gasteiger partial charge in [0.2, 0.25) is 20.0 Å². The molecular weight excluding hydrogens is 428 g/mol. The number of nitrogens with zero attached hydrogens (tertiary/aromatic N) is 3. The highest BCUT2D eigenvalue weighted by Crippen LogP contribution is 2.28. The molecule has 0 bridgehead atoms. The van der Waals surface area contributed by atoms with Gasteiger partial charge in [-0.05, 0) is 44.4 Å². The van der Waals surface area contributed by atoms with Gasteiger partial charge in [-0.3, -0.25) is 4.79 Å². The van der Waals surface area contributed by atoms with E-state index in [0.29, 0.717) is 24.2 Å². The summed E-state index contributed by atoms with van der Waals surface area (Å²) in [6.07, 6.45) is 2.50. The maximum atomic E-state index is 12.9. The lowest BCUT2D eigenvalue weighted by molar-refractivity contribution is 0.0953. The monoisotopic (exact) mass is 460 g/mol. The summed E-state index contributed by atoms with van der Waals surface area (Å²) in [5.74, 6) is -0.337. The second kappa shape index (κ2) is 10.1. The maximum absolute atomic E-state index is 12.9. The molecule has 0 aromatic heterocycles. The Bertz CT molecular complexity index is 955. The van der Waals surface area contributed by atoms with E-state index in [0.717, 1.165) is 30.2 Å². The summed E-state index contributed by atoms with van der Waals surface area (Å²) in [5.41, 5.74) is 1.03. The number of carbonyl (C=O) groups is 1. The van der Waals surface area contributed by atoms with Crippen LogP contribution in [0.2, 0.25) is 0 Å². The van der Waals surface area contributed by atoms with Crippen LogP contribution >= 0.6 is 0 Å². The molecule has 1 fully saturated rings. The molecule has 0 saturated carbocycles. The number of hydrogen-bond donors (Lipinski definition) is 1. The van der Waals surface area contributed by atoms with E-state index >= 15 is 0 Å². The lowest BCUT2D eigenvalue weighted by atomic mass is 10.1. The van der Waals surface area contributed by atoms with Gasteiger partial charge in [0, 0.05) is 53.0 Å². The number of hydrogen-bond acceptors (Lipinski definition) is 6. The van der Waals surface area contributed by atoms with E-state index in [1.807, 2.05) is 0 Å². The van der Waals surface area contributed by atoms with Crippen molar-refractivity contribution in [3.63, 3.8) is 0 Å². The van der Waals surface area contributed by atoms with Crippen molar-refractivity contribution in [2.24, 2.45) is 0 Å². The Kier molecular flexibility index (Phi) is 8.26. The van der Waals surface area contributed by atoms with Crippen LogP contribution in [0.3, 0.4) is 0 Å². The summed E-state index contributed by atoms with van der Waals surface area (Å²) in [6.45, 7) is 3.80. The number of nitrogens with one attached hydrogen (secondary N) is 1. The molecule has 11 heteroatoms. The summed E-state index contributed by atoms with van der Waals surface area (Å²) < 4.78 is 51.0. The summed E-state index contributed by atoms with van der Waals surface area (Å²) in [6, 6.07) is 4.65. The molecule has 0 aliphatic carbocycles. The fourth-order valence-electron chi connectivity index (χ4n) is 3.26. The minimum Gasteiger partial charge on any atom is -0.371 e. The fraction of sp³-hybridized carbons (Fsp3) is 0.632. The van der Waals surface area contributed by atoms with Crippen molar-refractivity contribution in [3.8, 4) is 0 Å². The lowest BCUT2D eigenvalue weighted by Gasteiger charge is -2.22. The Balaban J connectivity index is 2.17. The van der Waals surface area contributed by atoms with Crippen LogP contribution in [-0.2, 0) is 20.0 Å². The Morgan fingerprint density at radius 2 is 1.73 bits per heavy atom. The highest BCUT2D eigenvalue weighted by Gasteiger charge is 2.24. The van der Waals surface area contributed by atoms with Gasteiger partial charge >= 0.3 is 0 Å². The normalized spacial score (nSPS) is 15.2. The van der Waals surface area contributed by atoms with Crippen molar-refractivity contribution in [3.05, 3.63) is 23.8 Å². The van der Waals surface area contributed by atoms with Gasteiger partial charge in [-0.1, -0.05) is 0 Å². The smallest absolute Gasteiger partial charge is 0.253 e. The first-order valence-electron chi connectivity index (χ1n) is 10.0. The Morgan fingerprint density at radius 3 is 2.30 bits per heavy atom. The number of sulfonamides is 2. The molecule has 1 aliphatic rings. The van der Waals surface area contributed by atoms with Crippen LogP contribution in [0, 0.1) is 0 Å². The van der Waals surface area contributed by atoms with E-state index < -0.39 is 20.0 Å². The highest BCUT2D eigenvalue weighted by molar-refractivity contribution is 7.89. The molecule has 0 atom stereocenters. The molecule has 0 radical (unpaired) electrons. The van der Waals surface area contributed by atoms with Gasteiger partial charge < -0.3 is 10.2 Å². The zero-order valence-electron chi connectivity index (χ0n) is 18.1. The first-order chi connectivity index (χ1) is 14.0. The quantitative estimate of drug-likeness (QED) is 0.521. The third-order valence-corrected chi connectivity index (χ3v) is 8.89. The number of amides is 1. The average Bonchev–Trinajstić information content (AvgIpc) is 3.24. The SMILES string of the molecule is CCS(=O)(=O)N(C)CCCNC(=O)c1cc(S(=O)(=O)N(C)C)ccc1N1CCCC1. The van der Waals surface area contributed by atoms with Gasteiger partial charge in [-0.15, -0.1) is 0 Å². The van der Waals surface area contributed by atoms with E-state index in [9.17, 15) is 21.6 Å². The van der Waals surface area contributed by atoms with Crippen LogP contribution in [0.4, 0.5) is 5.69 Å². The molecule has 170 valence electrons. The molecule has 1 amide bonds. The highest BCUT2D eigenvalue weighted by atomic mass is 32.2. The molecule has 1 N–H and O–H groups in total. The van der Waals surface area contributed by atoms with Crippen LogP contribution in [0.15, 0.2) is 23.1 Å². The third-order valence-electron chi connectivity index (χ3n) is 5.21. The summed E-state index contributed by atoms with van der Waals surface area (Å²) >= 11 is 0. The molecule has 0 spiro atoms. The summed E-state index contributed by atoms with van der Waals surface area (Å²) in [5, 5.41) is 2.80. The third kappa shape index (κ3) is 5.71. The average molecular weight is 461 g/mol. The Hall–Kier alpha value is -1.69. The van der Waals surface area contributed by atoms with E-state index in [-0.39, 0.29) is 23.1 Å². The molecule has 30 heavy (non-hydrogen) atoms. The second-order valence-corrected chi connectivity index (χ2v) is 12.0. The lowest BCUT2D eigenvalue weighted by Crippen LogP contribution is -2.33. The van der Waals surface area contributed by atoms with Gasteiger partial charge in [0.15, 0.2) is 0 Å². The van der Waals surface area contributed by atoms with Crippen LogP contribution < -0.4 is 10.2 Å². The Labute approximate surface area is 180 Å². The van der Waals surface area contributed by atoms with Gasteiger partial charge in [0.05, 0.1) is 16.2 Å².